The normalized spacial score (nSPS) is 22.8. The summed E-state index contributed by atoms with van der Waals surface area (Å²) < 4.78 is 15.9. The lowest BCUT2D eigenvalue weighted by atomic mass is 10.1. The monoisotopic (exact) mass is 294 g/mol. The predicted molar refractivity (Wildman–Crippen MR) is 80.5 cm³/mol. The fourth-order valence-corrected chi connectivity index (χ4v) is 3.56. The van der Waals surface area contributed by atoms with Gasteiger partial charge >= 0.3 is 0 Å². The maximum absolute atomic E-state index is 13.7. The third kappa shape index (κ3) is 2.44. The second-order valence-corrected chi connectivity index (χ2v) is 6.41. The molecule has 4 heteroatoms. The molecule has 2 unspecified atom stereocenters. The van der Waals surface area contributed by atoms with Crippen LogP contribution in [0.2, 0.25) is 0 Å². The van der Waals surface area contributed by atoms with Gasteiger partial charge in [-0.3, -0.25) is 0 Å². The second-order valence-electron chi connectivity index (χ2n) is 6.15. The molecule has 1 aliphatic carbocycles. The number of hydrogen-bond acceptors (Lipinski definition) is 1. The number of rotatable bonds is 3. The molecule has 1 saturated carbocycles. The first-order valence-corrected chi connectivity index (χ1v) is 7.83. The van der Waals surface area contributed by atoms with Crippen LogP contribution < -0.4 is 0 Å². The predicted octanol–water partition coefficient (Wildman–Crippen LogP) is 4.66. The Balaban J connectivity index is 2.01. The molecule has 0 radical (unpaired) electrons. The minimum absolute atomic E-state index is 0.197. The van der Waals surface area contributed by atoms with E-state index in [4.69, 9.17) is 11.6 Å². The molecule has 2 atom stereocenters. The van der Waals surface area contributed by atoms with Gasteiger partial charge in [-0.2, -0.15) is 0 Å². The standard InChI is InChI=1S/C16H20ClFN2/c1-10-3-4-12(5-10)9-20-15-6-11(2)13(18)7-14(15)19-16(20)8-17/h6-7,10,12H,3-5,8-9H2,1-2H3. The lowest BCUT2D eigenvalue weighted by molar-refractivity contribution is 0.441. The summed E-state index contributed by atoms with van der Waals surface area (Å²) in [6.45, 7) is 5.06. The number of hydrogen-bond donors (Lipinski definition) is 0. The lowest BCUT2D eigenvalue weighted by Crippen LogP contribution is -2.10. The van der Waals surface area contributed by atoms with E-state index in [1.54, 1.807) is 6.92 Å². The molecule has 1 aromatic carbocycles. The highest BCUT2D eigenvalue weighted by atomic mass is 35.5. The summed E-state index contributed by atoms with van der Waals surface area (Å²) in [5.74, 6) is 2.53. The maximum atomic E-state index is 13.7. The second kappa shape index (κ2) is 5.36. The van der Waals surface area contributed by atoms with Gasteiger partial charge in [-0.1, -0.05) is 13.3 Å². The van der Waals surface area contributed by atoms with Crippen molar-refractivity contribution >= 4 is 22.6 Å². The fourth-order valence-electron chi connectivity index (χ4n) is 3.35. The van der Waals surface area contributed by atoms with Gasteiger partial charge < -0.3 is 4.57 Å². The van der Waals surface area contributed by atoms with Crippen LogP contribution in [0.15, 0.2) is 12.1 Å². The van der Waals surface area contributed by atoms with E-state index in [2.05, 4.69) is 16.5 Å². The van der Waals surface area contributed by atoms with Gasteiger partial charge in [-0.15, -0.1) is 11.6 Å². The molecular weight excluding hydrogens is 275 g/mol. The van der Waals surface area contributed by atoms with Crippen LogP contribution in [0.5, 0.6) is 0 Å². The summed E-state index contributed by atoms with van der Waals surface area (Å²) in [6.07, 6.45) is 3.84. The maximum Gasteiger partial charge on any atom is 0.128 e. The Bertz CT molecular complexity index is 635. The molecule has 0 N–H and O–H groups in total. The Kier molecular flexibility index (Phi) is 3.72. The molecule has 20 heavy (non-hydrogen) atoms. The van der Waals surface area contributed by atoms with E-state index in [1.165, 1.54) is 25.3 Å². The van der Waals surface area contributed by atoms with Crippen molar-refractivity contribution in [3.05, 3.63) is 29.3 Å². The zero-order valence-corrected chi connectivity index (χ0v) is 12.8. The molecule has 108 valence electrons. The van der Waals surface area contributed by atoms with Gasteiger partial charge in [0, 0.05) is 12.6 Å². The van der Waals surface area contributed by atoms with E-state index in [1.807, 2.05) is 6.07 Å². The van der Waals surface area contributed by atoms with Gasteiger partial charge in [0.25, 0.3) is 0 Å². The molecule has 0 amide bonds. The molecule has 1 aliphatic rings. The van der Waals surface area contributed by atoms with Crippen LogP contribution >= 0.6 is 11.6 Å². The highest BCUT2D eigenvalue weighted by Crippen LogP contribution is 2.33. The Morgan fingerprint density at radius 2 is 2.20 bits per heavy atom. The number of aryl methyl sites for hydroxylation is 1. The first kappa shape index (κ1) is 13.9. The van der Waals surface area contributed by atoms with E-state index in [9.17, 15) is 4.39 Å². The molecule has 1 fully saturated rings. The Labute approximate surface area is 123 Å². The van der Waals surface area contributed by atoms with Crippen LogP contribution in [-0.4, -0.2) is 9.55 Å². The van der Waals surface area contributed by atoms with Crippen molar-refractivity contribution in [1.29, 1.82) is 0 Å². The van der Waals surface area contributed by atoms with Crippen molar-refractivity contribution in [3.63, 3.8) is 0 Å². The molecule has 0 bridgehead atoms. The fraction of sp³-hybridized carbons (Fsp3) is 0.562. The van der Waals surface area contributed by atoms with Crippen molar-refractivity contribution in [2.45, 2.75) is 45.5 Å². The van der Waals surface area contributed by atoms with Crippen LogP contribution in [0.3, 0.4) is 0 Å². The molecule has 0 saturated heterocycles. The zero-order valence-electron chi connectivity index (χ0n) is 12.0. The van der Waals surface area contributed by atoms with E-state index < -0.39 is 0 Å². The summed E-state index contributed by atoms with van der Waals surface area (Å²) in [7, 11) is 0. The van der Waals surface area contributed by atoms with Crippen LogP contribution in [0, 0.1) is 24.6 Å². The van der Waals surface area contributed by atoms with Crippen LogP contribution in [0.25, 0.3) is 11.0 Å². The minimum Gasteiger partial charge on any atom is -0.327 e. The Morgan fingerprint density at radius 3 is 2.85 bits per heavy atom. The average molecular weight is 295 g/mol. The van der Waals surface area contributed by atoms with Crippen molar-refractivity contribution in [2.24, 2.45) is 11.8 Å². The molecule has 2 aromatic rings. The Morgan fingerprint density at radius 1 is 1.40 bits per heavy atom. The third-order valence-electron chi connectivity index (χ3n) is 4.47. The summed E-state index contributed by atoms with van der Waals surface area (Å²) in [6, 6.07) is 3.42. The largest absolute Gasteiger partial charge is 0.327 e. The number of imidazole rings is 1. The van der Waals surface area contributed by atoms with Gasteiger partial charge in [-0.25, -0.2) is 9.37 Å². The van der Waals surface area contributed by atoms with Crippen LogP contribution in [0.1, 0.15) is 37.6 Å². The molecule has 1 aromatic heterocycles. The van der Waals surface area contributed by atoms with Gasteiger partial charge in [0.1, 0.15) is 11.6 Å². The van der Waals surface area contributed by atoms with Crippen LogP contribution in [0.4, 0.5) is 4.39 Å². The zero-order chi connectivity index (χ0) is 14.3. The van der Waals surface area contributed by atoms with E-state index in [0.717, 1.165) is 29.3 Å². The molecular formula is C16H20ClFN2. The molecule has 3 rings (SSSR count). The highest BCUT2D eigenvalue weighted by Gasteiger charge is 2.23. The molecule has 1 heterocycles. The number of nitrogens with zero attached hydrogens (tertiary/aromatic N) is 2. The molecule has 2 nitrogen and oxygen atoms in total. The summed E-state index contributed by atoms with van der Waals surface area (Å²) in [4.78, 5) is 4.49. The quantitative estimate of drug-likeness (QED) is 0.753. The summed E-state index contributed by atoms with van der Waals surface area (Å²) >= 11 is 6.02. The minimum atomic E-state index is -0.197. The third-order valence-corrected chi connectivity index (χ3v) is 4.71. The van der Waals surface area contributed by atoms with E-state index in [-0.39, 0.29) is 5.82 Å². The first-order chi connectivity index (χ1) is 9.58. The smallest absolute Gasteiger partial charge is 0.128 e. The average Bonchev–Trinajstić information content (AvgIpc) is 2.96. The van der Waals surface area contributed by atoms with Crippen molar-refractivity contribution in [2.75, 3.05) is 0 Å². The van der Waals surface area contributed by atoms with Gasteiger partial charge in [-0.05, 0) is 43.2 Å². The van der Waals surface area contributed by atoms with Crippen molar-refractivity contribution in [1.82, 2.24) is 9.55 Å². The molecule has 0 aliphatic heterocycles. The van der Waals surface area contributed by atoms with E-state index >= 15 is 0 Å². The van der Waals surface area contributed by atoms with Gasteiger partial charge in [0.05, 0.1) is 16.9 Å². The van der Waals surface area contributed by atoms with Crippen LogP contribution in [-0.2, 0) is 12.4 Å². The van der Waals surface area contributed by atoms with Gasteiger partial charge in [0.15, 0.2) is 0 Å². The SMILES string of the molecule is Cc1cc2c(cc1F)nc(CCl)n2CC1CCC(C)C1. The highest BCUT2D eigenvalue weighted by molar-refractivity contribution is 6.16. The van der Waals surface area contributed by atoms with Crippen molar-refractivity contribution < 1.29 is 4.39 Å². The topological polar surface area (TPSA) is 17.8 Å². The van der Waals surface area contributed by atoms with E-state index in [0.29, 0.717) is 17.4 Å². The number of alkyl halides is 1. The molecule has 0 spiro atoms. The first-order valence-electron chi connectivity index (χ1n) is 7.29. The number of benzene rings is 1. The summed E-state index contributed by atoms with van der Waals surface area (Å²) in [5, 5.41) is 0. The number of halogens is 2. The lowest BCUT2D eigenvalue weighted by Gasteiger charge is -2.14. The summed E-state index contributed by atoms with van der Waals surface area (Å²) in [5.41, 5.74) is 2.40. The number of aromatic nitrogens is 2. The van der Waals surface area contributed by atoms with Crippen molar-refractivity contribution in [3.8, 4) is 0 Å². The number of fused-ring (bicyclic) bond motifs is 1. The Hall–Kier alpha value is -1.09. The van der Waals surface area contributed by atoms with Gasteiger partial charge in [0.2, 0.25) is 0 Å².